The molecule has 1 amide bonds. The Morgan fingerprint density at radius 3 is 1.95 bits per heavy atom. The highest BCUT2D eigenvalue weighted by Crippen LogP contribution is 1.94. The fraction of sp³-hybridized carbons (Fsp3) is 0.273. The number of carbonyl (C=O) groups is 3. The van der Waals surface area contributed by atoms with Gasteiger partial charge < -0.3 is 26.2 Å². The first-order valence-corrected chi connectivity index (χ1v) is 5.24. The number of nitrogens with zero attached hydrogens (tertiary/aromatic N) is 1. The average Bonchev–Trinajstić information content (AvgIpc) is 2.38. The highest BCUT2D eigenvalue weighted by molar-refractivity contribution is 5.83. The Balaban J connectivity index is 0.000000361. The molecule has 1 aromatic rings. The average molecular weight is 286 g/mol. The third-order valence-electron chi connectivity index (χ3n) is 1.91. The molecule has 0 spiro atoms. The largest absolute Gasteiger partial charge is 0.479 e. The molecule has 2 atom stereocenters. The number of aliphatic carboxylic acids is 2. The van der Waals surface area contributed by atoms with Crippen molar-refractivity contribution >= 4 is 17.8 Å². The number of aliphatic hydroxyl groups excluding tert-OH is 2. The predicted octanol–water partition coefficient (Wildman–Crippen LogP) is -2.01. The van der Waals surface area contributed by atoms with Crippen molar-refractivity contribution in [3.63, 3.8) is 0 Å². The van der Waals surface area contributed by atoms with E-state index in [2.05, 4.69) is 4.98 Å². The first-order chi connectivity index (χ1) is 9.25. The molecule has 0 fully saturated rings. The molecule has 0 aliphatic rings. The van der Waals surface area contributed by atoms with Crippen LogP contribution in [0, 0.1) is 0 Å². The van der Waals surface area contributed by atoms with Crippen molar-refractivity contribution in [3.8, 4) is 0 Å². The van der Waals surface area contributed by atoms with E-state index >= 15 is 0 Å². The standard InChI is InChI=1S/C7H8N2O.C4H6O6/c8-7(10)4-6-2-1-3-9-5-6;5-1(3(7)8)2(6)4(9)10/h1-3,5H,4H2,(H2,8,10);1-2,5-6H,(H,7,8)(H,9,10)/t;1-,2-/m.1/s1. The molecule has 0 aliphatic heterocycles. The highest BCUT2D eigenvalue weighted by Gasteiger charge is 2.29. The quantitative estimate of drug-likeness (QED) is 0.413. The predicted molar refractivity (Wildman–Crippen MR) is 64.4 cm³/mol. The molecule has 0 radical (unpaired) electrons. The second kappa shape index (κ2) is 8.56. The summed E-state index contributed by atoms with van der Waals surface area (Å²) in [5.41, 5.74) is 5.81. The van der Waals surface area contributed by atoms with Gasteiger partial charge in [0.1, 0.15) is 0 Å². The summed E-state index contributed by atoms with van der Waals surface area (Å²) in [4.78, 5) is 33.7. The van der Waals surface area contributed by atoms with Gasteiger partial charge in [0.05, 0.1) is 6.42 Å². The number of primary amides is 1. The topological polar surface area (TPSA) is 171 Å². The summed E-state index contributed by atoms with van der Waals surface area (Å²) < 4.78 is 0. The first-order valence-electron chi connectivity index (χ1n) is 5.24. The van der Waals surface area contributed by atoms with Crippen LogP contribution in [0.15, 0.2) is 24.5 Å². The van der Waals surface area contributed by atoms with Crippen molar-refractivity contribution in [1.29, 1.82) is 0 Å². The molecule has 6 N–H and O–H groups in total. The van der Waals surface area contributed by atoms with Crippen LogP contribution in [-0.2, 0) is 20.8 Å². The number of pyridine rings is 1. The Kier molecular flexibility index (Phi) is 7.48. The maximum absolute atomic E-state index is 10.4. The third kappa shape index (κ3) is 7.03. The van der Waals surface area contributed by atoms with Crippen LogP contribution in [0.2, 0.25) is 0 Å². The molecule has 9 heteroatoms. The lowest BCUT2D eigenvalue weighted by atomic mass is 10.2. The number of hydrogen-bond donors (Lipinski definition) is 5. The normalized spacial score (nSPS) is 12.5. The number of nitrogens with two attached hydrogens (primary N) is 1. The van der Waals surface area contributed by atoms with Crippen molar-refractivity contribution in [2.45, 2.75) is 18.6 Å². The van der Waals surface area contributed by atoms with Gasteiger partial charge in [-0.3, -0.25) is 9.78 Å². The van der Waals surface area contributed by atoms with Crippen molar-refractivity contribution < 1.29 is 34.8 Å². The summed E-state index contributed by atoms with van der Waals surface area (Å²) in [7, 11) is 0. The van der Waals surface area contributed by atoms with E-state index < -0.39 is 24.1 Å². The maximum atomic E-state index is 10.4. The number of aliphatic hydroxyl groups is 2. The Morgan fingerprint density at radius 1 is 1.15 bits per heavy atom. The van der Waals surface area contributed by atoms with Gasteiger partial charge in [-0.15, -0.1) is 0 Å². The zero-order chi connectivity index (χ0) is 15.7. The Morgan fingerprint density at radius 2 is 1.65 bits per heavy atom. The molecule has 0 unspecified atom stereocenters. The molecular weight excluding hydrogens is 272 g/mol. The maximum Gasteiger partial charge on any atom is 0.335 e. The smallest absolute Gasteiger partial charge is 0.335 e. The number of carbonyl (C=O) groups excluding carboxylic acids is 1. The van der Waals surface area contributed by atoms with Crippen molar-refractivity contribution in [1.82, 2.24) is 4.98 Å². The molecule has 0 saturated carbocycles. The number of amides is 1. The van der Waals surface area contributed by atoms with Gasteiger partial charge in [0.15, 0.2) is 12.2 Å². The van der Waals surface area contributed by atoms with Crippen molar-refractivity contribution in [3.05, 3.63) is 30.1 Å². The third-order valence-corrected chi connectivity index (χ3v) is 1.91. The number of rotatable bonds is 5. The van der Waals surface area contributed by atoms with Crippen molar-refractivity contribution in [2.75, 3.05) is 0 Å². The summed E-state index contributed by atoms with van der Waals surface area (Å²) in [5, 5.41) is 32.5. The van der Waals surface area contributed by atoms with Gasteiger partial charge in [0.25, 0.3) is 0 Å². The second-order valence-electron chi connectivity index (χ2n) is 3.57. The van der Waals surface area contributed by atoms with Crippen LogP contribution >= 0.6 is 0 Å². The molecule has 0 bridgehead atoms. The summed E-state index contributed by atoms with van der Waals surface area (Å²) in [6, 6.07) is 3.59. The Labute approximate surface area is 113 Å². The van der Waals surface area contributed by atoms with Gasteiger partial charge in [0, 0.05) is 12.4 Å². The van der Waals surface area contributed by atoms with Gasteiger partial charge in [-0.2, -0.15) is 0 Å². The van der Waals surface area contributed by atoms with Crippen LogP contribution in [0.3, 0.4) is 0 Å². The summed E-state index contributed by atoms with van der Waals surface area (Å²) in [5.74, 6) is -3.86. The zero-order valence-corrected chi connectivity index (χ0v) is 10.2. The van der Waals surface area contributed by atoms with Gasteiger partial charge >= 0.3 is 11.9 Å². The van der Waals surface area contributed by atoms with Crippen LogP contribution in [0.5, 0.6) is 0 Å². The molecule has 1 heterocycles. The lowest BCUT2D eigenvalue weighted by Gasteiger charge is -2.07. The fourth-order valence-electron chi connectivity index (χ4n) is 0.974. The van der Waals surface area contributed by atoms with Gasteiger partial charge in [-0.05, 0) is 11.6 Å². The molecule has 110 valence electrons. The van der Waals surface area contributed by atoms with E-state index in [-0.39, 0.29) is 12.3 Å². The molecular formula is C11H14N2O7. The number of aromatic nitrogens is 1. The molecule has 1 aromatic heterocycles. The van der Waals surface area contributed by atoms with Crippen LogP contribution in [0.4, 0.5) is 0 Å². The monoisotopic (exact) mass is 286 g/mol. The molecule has 20 heavy (non-hydrogen) atoms. The Bertz CT molecular complexity index is 445. The van der Waals surface area contributed by atoms with Crippen molar-refractivity contribution in [2.24, 2.45) is 5.73 Å². The van der Waals surface area contributed by atoms with Crippen LogP contribution in [0.1, 0.15) is 5.56 Å². The zero-order valence-electron chi connectivity index (χ0n) is 10.2. The minimum atomic E-state index is -2.27. The van der Waals surface area contributed by atoms with E-state index in [4.69, 9.17) is 26.2 Å². The minimum absolute atomic E-state index is 0.272. The van der Waals surface area contributed by atoms with Crippen LogP contribution < -0.4 is 5.73 Å². The molecule has 1 rings (SSSR count). The van der Waals surface area contributed by atoms with E-state index in [1.807, 2.05) is 6.07 Å². The first kappa shape index (κ1) is 17.5. The number of carboxylic acids is 2. The number of carboxylic acid groups (broad SMARTS) is 2. The molecule has 0 saturated heterocycles. The minimum Gasteiger partial charge on any atom is -0.479 e. The molecule has 9 nitrogen and oxygen atoms in total. The van der Waals surface area contributed by atoms with E-state index in [0.29, 0.717) is 0 Å². The fourth-order valence-corrected chi connectivity index (χ4v) is 0.974. The SMILES string of the molecule is NC(=O)Cc1cccnc1.O=C(O)[C@H](O)[C@@H](O)C(=O)O. The lowest BCUT2D eigenvalue weighted by molar-refractivity contribution is -0.165. The second-order valence-corrected chi connectivity index (χ2v) is 3.57. The lowest BCUT2D eigenvalue weighted by Crippen LogP contribution is -2.39. The van der Waals surface area contributed by atoms with Crippen LogP contribution in [0.25, 0.3) is 0 Å². The summed E-state index contributed by atoms with van der Waals surface area (Å²) >= 11 is 0. The van der Waals surface area contributed by atoms with E-state index in [1.54, 1.807) is 18.5 Å². The van der Waals surface area contributed by atoms with Crippen LogP contribution in [-0.4, -0.2) is 55.5 Å². The van der Waals surface area contributed by atoms with E-state index in [9.17, 15) is 14.4 Å². The molecule has 0 aromatic carbocycles. The molecule has 0 aliphatic carbocycles. The van der Waals surface area contributed by atoms with Gasteiger partial charge in [0.2, 0.25) is 5.91 Å². The van der Waals surface area contributed by atoms with E-state index in [1.165, 1.54) is 0 Å². The Hall–Kier alpha value is -2.52. The van der Waals surface area contributed by atoms with Gasteiger partial charge in [-0.25, -0.2) is 9.59 Å². The summed E-state index contributed by atoms with van der Waals surface area (Å²) in [6.07, 6.45) is -0.974. The summed E-state index contributed by atoms with van der Waals surface area (Å²) in [6.45, 7) is 0. The highest BCUT2D eigenvalue weighted by atomic mass is 16.4. The van der Waals surface area contributed by atoms with E-state index in [0.717, 1.165) is 5.56 Å². The van der Waals surface area contributed by atoms with Gasteiger partial charge in [-0.1, -0.05) is 6.07 Å². The number of hydrogen-bond acceptors (Lipinski definition) is 6.